The average Bonchev–Trinajstić information content (AvgIpc) is 2.87. The summed E-state index contributed by atoms with van der Waals surface area (Å²) in [5.74, 6) is 0.0468. The summed E-state index contributed by atoms with van der Waals surface area (Å²) in [7, 11) is 0. The standard InChI is InChI=1S/C11H18N4O2S/c1-2-9-10(18-13-12-9)11(17)15-5-3-14(4-6-15)7-8-16/h16H,2-8H2,1H3. The fourth-order valence-corrected chi connectivity index (χ4v) is 2.78. The smallest absolute Gasteiger partial charge is 0.267 e. The Morgan fingerprint density at radius 3 is 2.72 bits per heavy atom. The number of amides is 1. The van der Waals surface area contributed by atoms with Crippen molar-refractivity contribution in [3.8, 4) is 0 Å². The van der Waals surface area contributed by atoms with Gasteiger partial charge in [-0.15, -0.1) is 5.10 Å². The molecule has 2 heterocycles. The molecule has 1 amide bonds. The highest BCUT2D eigenvalue weighted by atomic mass is 32.1. The van der Waals surface area contributed by atoms with Crippen molar-refractivity contribution in [3.05, 3.63) is 10.6 Å². The largest absolute Gasteiger partial charge is 0.395 e. The van der Waals surface area contributed by atoms with Gasteiger partial charge in [0.05, 0.1) is 12.3 Å². The molecule has 0 spiro atoms. The summed E-state index contributed by atoms with van der Waals surface area (Å²) in [5.41, 5.74) is 0.794. The Morgan fingerprint density at radius 2 is 2.11 bits per heavy atom. The van der Waals surface area contributed by atoms with E-state index >= 15 is 0 Å². The van der Waals surface area contributed by atoms with E-state index in [2.05, 4.69) is 14.5 Å². The summed E-state index contributed by atoms with van der Waals surface area (Å²) < 4.78 is 3.85. The Morgan fingerprint density at radius 1 is 1.39 bits per heavy atom. The van der Waals surface area contributed by atoms with Crippen LogP contribution in [-0.4, -0.2) is 69.7 Å². The van der Waals surface area contributed by atoms with Crippen molar-refractivity contribution in [2.75, 3.05) is 39.3 Å². The monoisotopic (exact) mass is 270 g/mol. The van der Waals surface area contributed by atoms with E-state index in [4.69, 9.17) is 5.11 Å². The molecule has 18 heavy (non-hydrogen) atoms. The number of nitrogens with zero attached hydrogens (tertiary/aromatic N) is 4. The van der Waals surface area contributed by atoms with Crippen molar-refractivity contribution in [1.29, 1.82) is 0 Å². The molecule has 6 nitrogen and oxygen atoms in total. The van der Waals surface area contributed by atoms with E-state index in [1.165, 1.54) is 11.5 Å². The van der Waals surface area contributed by atoms with Gasteiger partial charge in [0.25, 0.3) is 5.91 Å². The Balaban J connectivity index is 1.95. The summed E-state index contributed by atoms with van der Waals surface area (Å²) in [4.78, 5) is 17.0. The number of β-amino-alcohol motifs (C(OH)–C–C–N with tert-alkyl or cyclic N) is 1. The third-order valence-electron chi connectivity index (χ3n) is 3.16. The number of aromatic nitrogens is 2. The van der Waals surface area contributed by atoms with Crippen LogP contribution in [0.2, 0.25) is 0 Å². The van der Waals surface area contributed by atoms with Crippen molar-refractivity contribution in [1.82, 2.24) is 19.4 Å². The van der Waals surface area contributed by atoms with E-state index in [0.29, 0.717) is 24.5 Å². The van der Waals surface area contributed by atoms with E-state index < -0.39 is 0 Å². The average molecular weight is 270 g/mol. The Hall–Kier alpha value is -1.05. The van der Waals surface area contributed by atoms with Gasteiger partial charge in [-0.25, -0.2) is 0 Å². The van der Waals surface area contributed by atoms with Gasteiger partial charge in [0.1, 0.15) is 4.88 Å². The molecule has 1 aromatic rings. The molecule has 100 valence electrons. The number of carbonyl (C=O) groups excluding carboxylic acids is 1. The number of rotatable bonds is 4. The first kappa shape index (κ1) is 13.4. The first-order valence-electron chi connectivity index (χ1n) is 6.20. The Labute approximate surface area is 110 Å². The summed E-state index contributed by atoms with van der Waals surface area (Å²) >= 11 is 1.18. The number of aliphatic hydroxyl groups excluding tert-OH is 1. The lowest BCUT2D eigenvalue weighted by Gasteiger charge is -2.34. The van der Waals surface area contributed by atoms with Gasteiger partial charge in [0.2, 0.25) is 0 Å². The summed E-state index contributed by atoms with van der Waals surface area (Å²) in [5, 5.41) is 12.8. The Bertz CT molecular complexity index is 402. The molecule has 0 bridgehead atoms. The van der Waals surface area contributed by atoms with Crippen LogP contribution < -0.4 is 0 Å². The molecule has 0 aromatic carbocycles. The molecule has 1 saturated heterocycles. The fraction of sp³-hybridized carbons (Fsp3) is 0.727. The normalized spacial score (nSPS) is 17.1. The minimum Gasteiger partial charge on any atom is -0.395 e. The van der Waals surface area contributed by atoms with Crippen LogP contribution in [0.4, 0.5) is 0 Å². The maximum Gasteiger partial charge on any atom is 0.267 e. The third kappa shape index (κ3) is 2.85. The molecule has 0 aliphatic carbocycles. The minimum atomic E-state index is 0.0468. The molecule has 2 rings (SSSR count). The number of carbonyl (C=O) groups is 1. The SMILES string of the molecule is CCc1nnsc1C(=O)N1CCN(CCO)CC1. The molecule has 0 radical (unpaired) electrons. The molecular weight excluding hydrogens is 252 g/mol. The molecule has 0 atom stereocenters. The van der Waals surface area contributed by atoms with Gasteiger partial charge in [-0.2, -0.15) is 0 Å². The molecule has 0 unspecified atom stereocenters. The lowest BCUT2D eigenvalue weighted by molar-refractivity contribution is 0.0618. The molecule has 7 heteroatoms. The van der Waals surface area contributed by atoms with Crippen LogP contribution in [-0.2, 0) is 6.42 Å². The van der Waals surface area contributed by atoms with Gasteiger partial charge in [-0.3, -0.25) is 9.69 Å². The first-order chi connectivity index (χ1) is 8.76. The number of hydrogen-bond donors (Lipinski definition) is 1. The molecular formula is C11H18N4O2S. The Kier molecular flexibility index (Phi) is 4.62. The zero-order valence-electron chi connectivity index (χ0n) is 10.5. The van der Waals surface area contributed by atoms with Gasteiger partial charge in [0.15, 0.2) is 0 Å². The van der Waals surface area contributed by atoms with Crippen LogP contribution in [0.15, 0.2) is 0 Å². The number of aryl methyl sites for hydroxylation is 1. The van der Waals surface area contributed by atoms with Crippen LogP contribution in [0, 0.1) is 0 Å². The lowest BCUT2D eigenvalue weighted by atomic mass is 10.2. The molecule has 1 fully saturated rings. The molecule has 1 aromatic heterocycles. The molecule has 0 saturated carbocycles. The van der Waals surface area contributed by atoms with E-state index in [1.807, 2.05) is 11.8 Å². The quantitative estimate of drug-likeness (QED) is 0.824. The number of piperazine rings is 1. The number of aliphatic hydroxyl groups is 1. The zero-order chi connectivity index (χ0) is 13.0. The van der Waals surface area contributed by atoms with Crippen molar-refractivity contribution < 1.29 is 9.90 Å². The summed E-state index contributed by atoms with van der Waals surface area (Å²) in [6.45, 7) is 5.89. The van der Waals surface area contributed by atoms with E-state index in [1.54, 1.807) is 0 Å². The fourth-order valence-electron chi connectivity index (χ4n) is 2.06. The van der Waals surface area contributed by atoms with Crippen molar-refractivity contribution >= 4 is 17.4 Å². The predicted octanol–water partition coefficient (Wildman–Crippen LogP) is -0.149. The van der Waals surface area contributed by atoms with Crippen LogP contribution in [0.3, 0.4) is 0 Å². The van der Waals surface area contributed by atoms with Crippen LogP contribution >= 0.6 is 11.5 Å². The van der Waals surface area contributed by atoms with Gasteiger partial charge in [0, 0.05) is 32.7 Å². The number of hydrogen-bond acceptors (Lipinski definition) is 6. The molecule has 1 aliphatic heterocycles. The van der Waals surface area contributed by atoms with Crippen molar-refractivity contribution in [2.24, 2.45) is 0 Å². The van der Waals surface area contributed by atoms with Gasteiger partial charge < -0.3 is 10.0 Å². The highest BCUT2D eigenvalue weighted by Gasteiger charge is 2.25. The van der Waals surface area contributed by atoms with Gasteiger partial charge in [-0.1, -0.05) is 11.4 Å². The highest BCUT2D eigenvalue weighted by Crippen LogP contribution is 2.15. The van der Waals surface area contributed by atoms with Crippen molar-refractivity contribution in [2.45, 2.75) is 13.3 Å². The predicted molar refractivity (Wildman–Crippen MR) is 68.7 cm³/mol. The summed E-state index contributed by atoms with van der Waals surface area (Å²) in [6, 6.07) is 0. The van der Waals surface area contributed by atoms with E-state index in [0.717, 1.165) is 25.2 Å². The van der Waals surface area contributed by atoms with E-state index in [9.17, 15) is 4.79 Å². The molecule has 1 aliphatic rings. The van der Waals surface area contributed by atoms with E-state index in [-0.39, 0.29) is 12.5 Å². The maximum atomic E-state index is 12.3. The minimum absolute atomic E-state index is 0.0468. The topological polar surface area (TPSA) is 69.6 Å². The lowest BCUT2D eigenvalue weighted by Crippen LogP contribution is -2.49. The third-order valence-corrected chi connectivity index (χ3v) is 3.92. The van der Waals surface area contributed by atoms with Crippen LogP contribution in [0.1, 0.15) is 22.3 Å². The summed E-state index contributed by atoms with van der Waals surface area (Å²) in [6.07, 6.45) is 0.738. The maximum absolute atomic E-state index is 12.3. The second kappa shape index (κ2) is 6.21. The zero-order valence-corrected chi connectivity index (χ0v) is 11.3. The van der Waals surface area contributed by atoms with Crippen molar-refractivity contribution in [3.63, 3.8) is 0 Å². The second-order valence-electron chi connectivity index (χ2n) is 4.26. The van der Waals surface area contributed by atoms with Gasteiger partial charge in [-0.05, 0) is 18.0 Å². The van der Waals surface area contributed by atoms with Crippen LogP contribution in [0.5, 0.6) is 0 Å². The first-order valence-corrected chi connectivity index (χ1v) is 6.97. The van der Waals surface area contributed by atoms with Crippen LogP contribution in [0.25, 0.3) is 0 Å². The second-order valence-corrected chi connectivity index (χ2v) is 5.01. The van der Waals surface area contributed by atoms with Gasteiger partial charge >= 0.3 is 0 Å². The highest BCUT2D eigenvalue weighted by molar-refractivity contribution is 7.08. The molecule has 1 N–H and O–H groups in total.